The SMILES string of the molecule is C#CC#CC#CNC(N)=O. The number of nitrogens with one attached hydrogen (secondary N) is 1. The predicted octanol–water partition coefficient (Wildman–Crippen LogP) is -0.748. The highest BCUT2D eigenvalue weighted by Crippen LogP contribution is 1.51. The van der Waals surface area contributed by atoms with E-state index < -0.39 is 6.03 Å². The maximum Gasteiger partial charge on any atom is 0.323 e. The molecule has 0 aromatic heterocycles. The maximum absolute atomic E-state index is 9.95. The molecule has 0 aliphatic carbocycles. The van der Waals surface area contributed by atoms with Gasteiger partial charge < -0.3 is 5.73 Å². The Morgan fingerprint density at radius 1 is 1.40 bits per heavy atom. The molecule has 3 N–H and O–H groups in total. The van der Waals surface area contributed by atoms with Gasteiger partial charge in [0.25, 0.3) is 0 Å². The van der Waals surface area contributed by atoms with Gasteiger partial charge in [0.05, 0.1) is 0 Å². The molecule has 10 heavy (non-hydrogen) atoms. The number of carbonyl (C=O) groups excluding carboxylic acids is 1. The van der Waals surface area contributed by atoms with Crippen molar-refractivity contribution < 1.29 is 4.79 Å². The Balaban J connectivity index is 3.74. The summed E-state index contributed by atoms with van der Waals surface area (Å²) in [7, 11) is 0. The highest BCUT2D eigenvalue weighted by molar-refractivity contribution is 5.73. The van der Waals surface area contributed by atoms with Crippen molar-refractivity contribution in [2.24, 2.45) is 5.73 Å². The molecular weight excluding hydrogens is 128 g/mol. The molecule has 0 aromatic rings. The third-order valence-corrected chi connectivity index (χ3v) is 0.445. The Morgan fingerprint density at radius 2 is 2.10 bits per heavy atom. The number of terminal acetylenes is 1. The summed E-state index contributed by atoms with van der Waals surface area (Å²) in [6.07, 6.45) is 4.77. The average Bonchev–Trinajstić information content (AvgIpc) is 1.87. The summed E-state index contributed by atoms with van der Waals surface area (Å²) in [6.45, 7) is 0. The lowest BCUT2D eigenvalue weighted by atomic mass is 10.6. The molecule has 0 rings (SSSR count). The minimum atomic E-state index is -0.713. The van der Waals surface area contributed by atoms with E-state index in [4.69, 9.17) is 6.42 Å². The van der Waals surface area contributed by atoms with Crippen molar-refractivity contribution in [2.45, 2.75) is 0 Å². The van der Waals surface area contributed by atoms with Crippen LogP contribution in [-0.4, -0.2) is 6.03 Å². The van der Waals surface area contributed by atoms with Crippen LogP contribution < -0.4 is 11.1 Å². The van der Waals surface area contributed by atoms with E-state index >= 15 is 0 Å². The largest absolute Gasteiger partial charge is 0.351 e. The Bertz CT molecular complexity index is 277. The van der Waals surface area contributed by atoms with Gasteiger partial charge in [0.15, 0.2) is 0 Å². The normalized spacial score (nSPS) is 5.10. The molecule has 0 heterocycles. The van der Waals surface area contributed by atoms with Gasteiger partial charge in [-0.15, -0.1) is 6.42 Å². The number of carbonyl (C=O) groups is 1. The van der Waals surface area contributed by atoms with Crippen molar-refractivity contribution in [2.75, 3.05) is 0 Å². The van der Waals surface area contributed by atoms with Crippen LogP contribution in [0.4, 0.5) is 4.79 Å². The molecule has 0 atom stereocenters. The lowest BCUT2D eigenvalue weighted by Crippen LogP contribution is -2.24. The summed E-state index contributed by atoms with van der Waals surface area (Å²) in [6, 6.07) is 1.46. The van der Waals surface area contributed by atoms with E-state index in [0.717, 1.165) is 0 Å². The number of urea groups is 1. The van der Waals surface area contributed by atoms with Crippen LogP contribution in [0.5, 0.6) is 0 Å². The number of rotatable bonds is 0. The predicted molar refractivity (Wildman–Crippen MR) is 37.1 cm³/mol. The molecular formula is C7H4N2O. The number of hydrogen-bond acceptors (Lipinski definition) is 1. The lowest BCUT2D eigenvalue weighted by Gasteiger charge is -1.80. The van der Waals surface area contributed by atoms with Crippen LogP contribution in [0, 0.1) is 36.1 Å². The van der Waals surface area contributed by atoms with E-state index in [1.165, 1.54) is 0 Å². The summed E-state index contributed by atoms with van der Waals surface area (Å²) < 4.78 is 0. The molecule has 3 heteroatoms. The smallest absolute Gasteiger partial charge is 0.323 e. The zero-order valence-corrected chi connectivity index (χ0v) is 5.06. The first-order valence-corrected chi connectivity index (χ1v) is 2.28. The summed E-state index contributed by atoms with van der Waals surface area (Å²) in [5.41, 5.74) is 4.67. The fourth-order valence-electron chi connectivity index (χ4n) is 0.191. The Morgan fingerprint density at radius 3 is 2.60 bits per heavy atom. The van der Waals surface area contributed by atoms with Crippen molar-refractivity contribution in [1.29, 1.82) is 0 Å². The summed E-state index contributed by atoms with van der Waals surface area (Å²) >= 11 is 0. The van der Waals surface area contributed by atoms with E-state index in [9.17, 15) is 4.79 Å². The van der Waals surface area contributed by atoms with Crippen molar-refractivity contribution in [3.63, 3.8) is 0 Å². The molecule has 0 saturated carbocycles. The van der Waals surface area contributed by atoms with Gasteiger partial charge in [-0.1, -0.05) is 0 Å². The third kappa shape index (κ3) is 5.95. The molecule has 3 nitrogen and oxygen atoms in total. The first kappa shape index (κ1) is 7.95. The fourth-order valence-corrected chi connectivity index (χ4v) is 0.191. The van der Waals surface area contributed by atoms with Crippen molar-refractivity contribution >= 4 is 6.03 Å². The topological polar surface area (TPSA) is 55.1 Å². The summed E-state index contributed by atoms with van der Waals surface area (Å²) in [4.78, 5) is 9.95. The molecule has 0 aliphatic rings. The van der Waals surface area contributed by atoms with Gasteiger partial charge in [-0.2, -0.15) is 0 Å². The Hall–Kier alpha value is -2.05. The van der Waals surface area contributed by atoms with E-state index in [-0.39, 0.29) is 0 Å². The van der Waals surface area contributed by atoms with Crippen LogP contribution in [0.2, 0.25) is 0 Å². The molecule has 48 valence electrons. The molecule has 0 fully saturated rings. The first-order valence-electron chi connectivity index (χ1n) is 2.28. The Kier molecular flexibility index (Phi) is 4.05. The van der Waals surface area contributed by atoms with E-state index in [0.29, 0.717) is 0 Å². The van der Waals surface area contributed by atoms with Crippen LogP contribution in [0.15, 0.2) is 0 Å². The van der Waals surface area contributed by atoms with Gasteiger partial charge >= 0.3 is 6.03 Å². The molecule has 0 spiro atoms. The van der Waals surface area contributed by atoms with Gasteiger partial charge in [-0.25, -0.2) is 4.79 Å². The second-order valence-corrected chi connectivity index (χ2v) is 1.13. The molecule has 2 amide bonds. The van der Waals surface area contributed by atoms with Crippen LogP contribution >= 0.6 is 0 Å². The first-order chi connectivity index (χ1) is 4.77. The van der Waals surface area contributed by atoms with Crippen molar-refractivity contribution in [3.8, 4) is 36.1 Å². The maximum atomic E-state index is 9.95. The van der Waals surface area contributed by atoms with E-state index in [2.05, 4.69) is 29.5 Å². The second kappa shape index (κ2) is 5.09. The summed E-state index contributed by atoms with van der Waals surface area (Å²) in [5.74, 6) is 8.81. The van der Waals surface area contributed by atoms with Gasteiger partial charge in [0.2, 0.25) is 0 Å². The third-order valence-electron chi connectivity index (χ3n) is 0.445. The monoisotopic (exact) mass is 132 g/mol. The zero-order chi connectivity index (χ0) is 7.82. The second-order valence-electron chi connectivity index (χ2n) is 1.13. The number of nitrogens with two attached hydrogens (primary N) is 1. The van der Waals surface area contributed by atoms with Crippen LogP contribution in [0.3, 0.4) is 0 Å². The quantitative estimate of drug-likeness (QED) is 0.331. The minimum absolute atomic E-state index is 0.713. The highest BCUT2D eigenvalue weighted by atomic mass is 16.2. The lowest BCUT2D eigenvalue weighted by molar-refractivity contribution is 0.252. The molecule has 0 radical (unpaired) electrons. The van der Waals surface area contributed by atoms with Crippen LogP contribution in [-0.2, 0) is 0 Å². The zero-order valence-electron chi connectivity index (χ0n) is 5.06. The molecule has 0 unspecified atom stereocenters. The van der Waals surface area contributed by atoms with Crippen molar-refractivity contribution in [1.82, 2.24) is 5.32 Å². The fraction of sp³-hybridized carbons (Fsp3) is 0. The van der Waals surface area contributed by atoms with Gasteiger partial charge in [0, 0.05) is 17.9 Å². The van der Waals surface area contributed by atoms with Crippen LogP contribution in [0.25, 0.3) is 0 Å². The Labute approximate surface area is 59.0 Å². The van der Waals surface area contributed by atoms with Gasteiger partial charge in [0.1, 0.15) is 0 Å². The number of hydrogen-bond donors (Lipinski definition) is 2. The van der Waals surface area contributed by atoms with Crippen LogP contribution in [0.1, 0.15) is 0 Å². The van der Waals surface area contributed by atoms with E-state index in [1.807, 2.05) is 11.2 Å². The highest BCUT2D eigenvalue weighted by Gasteiger charge is 1.78. The van der Waals surface area contributed by atoms with Gasteiger partial charge in [-0.3, -0.25) is 5.32 Å². The average molecular weight is 132 g/mol. The molecule has 0 bridgehead atoms. The minimum Gasteiger partial charge on any atom is -0.351 e. The molecule has 0 saturated heterocycles. The number of primary amides is 1. The molecule has 0 aromatic carbocycles. The van der Waals surface area contributed by atoms with Gasteiger partial charge in [-0.05, 0) is 11.8 Å². The van der Waals surface area contributed by atoms with E-state index in [1.54, 1.807) is 0 Å². The molecule has 0 aliphatic heterocycles. The van der Waals surface area contributed by atoms with Crippen molar-refractivity contribution in [3.05, 3.63) is 0 Å². The number of amides is 2. The summed E-state index contributed by atoms with van der Waals surface area (Å²) in [5, 5.41) is 2.01. The standard InChI is InChI=1S/C7H4N2O/c1-2-3-4-5-6-9-7(8)10/h1H,(H3,8,9,10).